The van der Waals surface area contributed by atoms with E-state index in [2.05, 4.69) is 9.46 Å². The summed E-state index contributed by atoms with van der Waals surface area (Å²) >= 11 is 11.9. The van der Waals surface area contributed by atoms with Gasteiger partial charge in [0.05, 0.1) is 45.5 Å². The number of hydrogen-bond acceptors (Lipinski definition) is 6. The maximum atomic E-state index is 12.6. The molecular weight excluding hydrogens is 417 g/mol. The van der Waals surface area contributed by atoms with Crippen LogP contribution in [0.2, 0.25) is 10.0 Å². The highest BCUT2D eigenvalue weighted by atomic mass is 35.5. The van der Waals surface area contributed by atoms with Gasteiger partial charge in [0, 0.05) is 0 Å². The van der Waals surface area contributed by atoms with E-state index in [0.29, 0.717) is 0 Å². The second-order valence-corrected chi connectivity index (χ2v) is 7.65. The number of methoxy groups -OCH3 is 1. The molecule has 2 rings (SSSR count). The van der Waals surface area contributed by atoms with E-state index in [1.165, 1.54) is 30.3 Å². The lowest BCUT2D eigenvalue weighted by Gasteiger charge is -2.11. The van der Waals surface area contributed by atoms with Gasteiger partial charge in [-0.1, -0.05) is 23.2 Å². The molecule has 144 valence electrons. The van der Waals surface area contributed by atoms with Gasteiger partial charge in [0.2, 0.25) is 0 Å². The van der Waals surface area contributed by atoms with Gasteiger partial charge in [-0.05, 0) is 43.3 Å². The SMILES string of the molecule is CCOC(=O)c1ccc(NS(=O)(=O)c2ccc(Cl)c(C(=O)OC)c2)cc1Cl. The van der Waals surface area contributed by atoms with Gasteiger partial charge >= 0.3 is 11.9 Å². The molecule has 0 aliphatic heterocycles. The van der Waals surface area contributed by atoms with Crippen LogP contribution in [-0.2, 0) is 19.5 Å². The molecule has 0 fully saturated rings. The first-order valence-corrected chi connectivity index (χ1v) is 9.81. The van der Waals surface area contributed by atoms with Crippen LogP contribution in [0.3, 0.4) is 0 Å². The third kappa shape index (κ3) is 4.91. The van der Waals surface area contributed by atoms with E-state index in [-0.39, 0.29) is 38.4 Å². The monoisotopic (exact) mass is 431 g/mol. The van der Waals surface area contributed by atoms with Crippen LogP contribution in [0.5, 0.6) is 0 Å². The van der Waals surface area contributed by atoms with E-state index in [4.69, 9.17) is 27.9 Å². The van der Waals surface area contributed by atoms with Crippen molar-refractivity contribution in [3.05, 3.63) is 57.6 Å². The number of benzene rings is 2. The van der Waals surface area contributed by atoms with E-state index >= 15 is 0 Å². The van der Waals surface area contributed by atoms with Crippen molar-refractivity contribution in [2.75, 3.05) is 18.4 Å². The van der Waals surface area contributed by atoms with Crippen molar-refractivity contribution in [2.45, 2.75) is 11.8 Å². The molecule has 0 aromatic heterocycles. The summed E-state index contributed by atoms with van der Waals surface area (Å²) in [6.45, 7) is 1.84. The molecule has 2 aromatic carbocycles. The lowest BCUT2D eigenvalue weighted by molar-refractivity contribution is 0.0525. The van der Waals surface area contributed by atoms with Crippen molar-refractivity contribution in [1.29, 1.82) is 0 Å². The van der Waals surface area contributed by atoms with Crippen LogP contribution >= 0.6 is 23.2 Å². The lowest BCUT2D eigenvalue weighted by atomic mass is 10.2. The molecule has 0 saturated heterocycles. The fraction of sp³-hybridized carbons (Fsp3) is 0.176. The number of sulfonamides is 1. The highest BCUT2D eigenvalue weighted by molar-refractivity contribution is 7.92. The van der Waals surface area contributed by atoms with Crippen molar-refractivity contribution in [3.8, 4) is 0 Å². The minimum atomic E-state index is -4.05. The molecule has 0 saturated carbocycles. The quantitative estimate of drug-likeness (QED) is 0.698. The Balaban J connectivity index is 2.33. The van der Waals surface area contributed by atoms with Crippen LogP contribution in [0.25, 0.3) is 0 Å². The van der Waals surface area contributed by atoms with E-state index in [9.17, 15) is 18.0 Å². The first-order chi connectivity index (χ1) is 12.7. The Morgan fingerprint density at radius 3 is 2.30 bits per heavy atom. The maximum Gasteiger partial charge on any atom is 0.339 e. The highest BCUT2D eigenvalue weighted by Crippen LogP contribution is 2.26. The van der Waals surface area contributed by atoms with Gasteiger partial charge in [-0.15, -0.1) is 0 Å². The molecule has 1 N–H and O–H groups in total. The third-order valence-electron chi connectivity index (χ3n) is 3.37. The van der Waals surface area contributed by atoms with Crippen LogP contribution in [0.1, 0.15) is 27.6 Å². The second kappa shape index (κ2) is 8.60. The minimum absolute atomic E-state index is 0.0278. The zero-order valence-corrected chi connectivity index (χ0v) is 16.6. The Bertz CT molecular complexity index is 991. The van der Waals surface area contributed by atoms with Crippen LogP contribution < -0.4 is 4.72 Å². The van der Waals surface area contributed by atoms with Crippen LogP contribution in [0, 0.1) is 0 Å². The Morgan fingerprint density at radius 1 is 1.00 bits per heavy atom. The number of carbonyl (C=O) groups excluding carboxylic acids is 2. The number of nitrogens with one attached hydrogen (secondary N) is 1. The number of ether oxygens (including phenoxy) is 2. The summed E-state index contributed by atoms with van der Waals surface area (Å²) in [7, 11) is -2.89. The van der Waals surface area contributed by atoms with Crippen molar-refractivity contribution in [1.82, 2.24) is 0 Å². The molecule has 10 heteroatoms. The predicted molar refractivity (Wildman–Crippen MR) is 101 cm³/mol. The summed E-state index contributed by atoms with van der Waals surface area (Å²) in [5.74, 6) is -1.38. The number of anilines is 1. The zero-order chi connectivity index (χ0) is 20.2. The molecule has 0 atom stereocenters. The maximum absolute atomic E-state index is 12.6. The largest absolute Gasteiger partial charge is 0.465 e. The standard InChI is InChI=1S/C17H15Cl2NO6S/c1-3-26-17(22)12-6-4-10(8-15(12)19)20-27(23,24)11-5-7-14(18)13(9-11)16(21)25-2/h4-9,20H,3H2,1-2H3. The van der Waals surface area contributed by atoms with E-state index in [1.807, 2.05) is 0 Å². The summed E-state index contributed by atoms with van der Waals surface area (Å²) in [6.07, 6.45) is 0. The molecule has 0 aliphatic rings. The summed E-state index contributed by atoms with van der Waals surface area (Å²) in [5, 5.41) is 0.0858. The topological polar surface area (TPSA) is 98.8 Å². The summed E-state index contributed by atoms with van der Waals surface area (Å²) in [4.78, 5) is 23.2. The van der Waals surface area contributed by atoms with Gasteiger partial charge in [0.15, 0.2) is 0 Å². The van der Waals surface area contributed by atoms with Gasteiger partial charge in [0.1, 0.15) is 0 Å². The van der Waals surface area contributed by atoms with Gasteiger partial charge in [-0.25, -0.2) is 18.0 Å². The Labute approximate surface area is 166 Å². The van der Waals surface area contributed by atoms with Gasteiger partial charge in [-0.3, -0.25) is 4.72 Å². The second-order valence-electron chi connectivity index (χ2n) is 5.15. The van der Waals surface area contributed by atoms with E-state index < -0.39 is 22.0 Å². The van der Waals surface area contributed by atoms with Gasteiger partial charge in [-0.2, -0.15) is 0 Å². The Kier molecular flexibility index (Phi) is 6.69. The van der Waals surface area contributed by atoms with E-state index in [0.717, 1.165) is 13.2 Å². The first kappa shape index (κ1) is 21.0. The molecule has 0 radical (unpaired) electrons. The fourth-order valence-corrected chi connectivity index (χ4v) is 3.63. The van der Waals surface area contributed by atoms with Crippen LogP contribution in [-0.4, -0.2) is 34.1 Å². The molecule has 0 spiro atoms. The van der Waals surface area contributed by atoms with Crippen molar-refractivity contribution in [2.24, 2.45) is 0 Å². The fourth-order valence-electron chi connectivity index (χ4n) is 2.10. The molecule has 7 nitrogen and oxygen atoms in total. The first-order valence-electron chi connectivity index (χ1n) is 7.57. The molecule has 0 aliphatic carbocycles. The van der Waals surface area contributed by atoms with Gasteiger partial charge in [0.25, 0.3) is 10.0 Å². The predicted octanol–water partition coefficient (Wildman–Crippen LogP) is 3.76. The van der Waals surface area contributed by atoms with Gasteiger partial charge < -0.3 is 9.47 Å². The number of hydrogen-bond donors (Lipinski definition) is 1. The zero-order valence-electron chi connectivity index (χ0n) is 14.3. The smallest absolute Gasteiger partial charge is 0.339 e. The molecule has 27 heavy (non-hydrogen) atoms. The average molecular weight is 432 g/mol. The highest BCUT2D eigenvalue weighted by Gasteiger charge is 2.20. The summed E-state index contributed by atoms with van der Waals surface area (Å²) in [6, 6.07) is 7.62. The average Bonchev–Trinajstić information content (AvgIpc) is 2.61. The third-order valence-corrected chi connectivity index (χ3v) is 5.39. The number of esters is 2. The summed E-state index contributed by atoms with van der Waals surface area (Å²) < 4.78 is 36.9. The minimum Gasteiger partial charge on any atom is -0.465 e. The lowest BCUT2D eigenvalue weighted by Crippen LogP contribution is -2.14. The van der Waals surface area contributed by atoms with Crippen molar-refractivity contribution in [3.63, 3.8) is 0 Å². The van der Waals surface area contributed by atoms with E-state index in [1.54, 1.807) is 6.92 Å². The molecule has 0 bridgehead atoms. The molecule has 0 unspecified atom stereocenters. The Hall–Kier alpha value is -2.29. The van der Waals surface area contributed by atoms with Crippen molar-refractivity contribution < 1.29 is 27.5 Å². The molecule has 0 heterocycles. The van der Waals surface area contributed by atoms with Crippen LogP contribution in [0.4, 0.5) is 5.69 Å². The number of halogens is 2. The Morgan fingerprint density at radius 2 is 1.70 bits per heavy atom. The molecule has 0 amide bonds. The van der Waals surface area contributed by atoms with Crippen molar-refractivity contribution >= 4 is 50.9 Å². The van der Waals surface area contributed by atoms with Crippen LogP contribution in [0.15, 0.2) is 41.3 Å². The summed E-state index contributed by atoms with van der Waals surface area (Å²) in [5.41, 5.74) is 0.154. The number of rotatable bonds is 6. The number of carbonyl (C=O) groups is 2. The molecular formula is C17H15Cl2NO6S. The molecule has 2 aromatic rings. The normalized spacial score (nSPS) is 11.0.